The Kier molecular flexibility index (Phi) is 4.55. The van der Waals surface area contributed by atoms with Gasteiger partial charge in [-0.3, -0.25) is 4.79 Å². The molecule has 0 spiro atoms. The second-order valence-electron chi connectivity index (χ2n) is 9.83. The molecule has 3 aliphatic rings. The Hall–Kier alpha value is -3.52. The zero-order chi connectivity index (χ0) is 24.8. The number of carbonyl (C=O) groups excluding carboxylic acids is 1. The number of nitrogens with one attached hydrogen (secondary N) is 1. The first-order valence-electron chi connectivity index (χ1n) is 11.9. The first kappa shape index (κ1) is 22.0. The van der Waals surface area contributed by atoms with E-state index in [-0.39, 0.29) is 41.6 Å². The fraction of sp³-hybridized carbons (Fsp3) is 0.370. The zero-order valence-corrected chi connectivity index (χ0v) is 19.9. The SMILES string of the molecule is C=C(C)NC1CCc2c(C)c(F)cc3nc4c(c1c23)Cn1c-4cc2c(c1=O)COC(=O)C2(O)CC. The minimum absolute atomic E-state index is 0.0544. The van der Waals surface area contributed by atoms with E-state index in [9.17, 15) is 19.1 Å². The van der Waals surface area contributed by atoms with Crippen molar-refractivity contribution in [2.24, 2.45) is 0 Å². The molecule has 2 atom stereocenters. The average molecular weight is 476 g/mol. The molecule has 4 heterocycles. The minimum atomic E-state index is -1.89. The van der Waals surface area contributed by atoms with Gasteiger partial charge in [0.15, 0.2) is 5.60 Å². The van der Waals surface area contributed by atoms with E-state index >= 15 is 0 Å². The summed E-state index contributed by atoms with van der Waals surface area (Å²) in [5, 5.41) is 15.5. The highest BCUT2D eigenvalue weighted by molar-refractivity contribution is 5.93. The highest BCUT2D eigenvalue weighted by atomic mass is 19.1. The van der Waals surface area contributed by atoms with Crippen LogP contribution in [0, 0.1) is 12.7 Å². The first-order valence-corrected chi connectivity index (χ1v) is 11.9. The predicted molar refractivity (Wildman–Crippen MR) is 128 cm³/mol. The third kappa shape index (κ3) is 2.83. The Morgan fingerprint density at radius 1 is 1.34 bits per heavy atom. The molecular weight excluding hydrogens is 449 g/mol. The van der Waals surface area contributed by atoms with Crippen LogP contribution in [-0.4, -0.2) is 20.6 Å². The summed E-state index contributed by atoms with van der Waals surface area (Å²) in [6, 6.07) is 3.09. The van der Waals surface area contributed by atoms with Gasteiger partial charge in [-0.15, -0.1) is 0 Å². The van der Waals surface area contributed by atoms with Crippen molar-refractivity contribution >= 4 is 16.9 Å². The lowest BCUT2D eigenvalue weighted by Crippen LogP contribution is -2.44. The van der Waals surface area contributed by atoms with Gasteiger partial charge in [0.1, 0.15) is 12.4 Å². The topological polar surface area (TPSA) is 93.5 Å². The molecule has 0 saturated heterocycles. The van der Waals surface area contributed by atoms with Crippen molar-refractivity contribution in [1.82, 2.24) is 14.9 Å². The van der Waals surface area contributed by atoms with Crippen LogP contribution in [0.15, 0.2) is 29.2 Å². The van der Waals surface area contributed by atoms with Crippen LogP contribution < -0.4 is 10.9 Å². The number of carbonyl (C=O) groups is 1. The number of aryl methyl sites for hydroxylation is 1. The van der Waals surface area contributed by atoms with Gasteiger partial charge in [-0.25, -0.2) is 14.2 Å². The summed E-state index contributed by atoms with van der Waals surface area (Å²) in [5.41, 5.74) is 4.28. The van der Waals surface area contributed by atoms with E-state index in [0.717, 1.165) is 34.2 Å². The Balaban J connectivity index is 1.68. The molecule has 1 aromatic carbocycles. The van der Waals surface area contributed by atoms with Gasteiger partial charge in [0.25, 0.3) is 5.56 Å². The standard InChI is InChI=1S/C27H26FN3O4/c1-5-27(34)17-8-21-24-15(10-31(21)25(32)16(17)11-35-26(27)33)23-19(29-12(2)3)7-6-14-13(4)18(28)9-20(30-24)22(14)23/h8-9,19,29,34H,2,5-7,10-11H2,1,3-4H3. The highest BCUT2D eigenvalue weighted by Crippen LogP contribution is 2.46. The molecule has 1 aliphatic carbocycles. The Labute approximate surface area is 201 Å². The fourth-order valence-corrected chi connectivity index (χ4v) is 6.00. The first-order chi connectivity index (χ1) is 16.7. The number of halogens is 1. The number of fused-ring (bicyclic) bond motifs is 5. The van der Waals surface area contributed by atoms with Crippen LogP contribution in [0.25, 0.3) is 22.3 Å². The highest BCUT2D eigenvalue weighted by Gasteiger charge is 2.45. The number of hydrogen-bond acceptors (Lipinski definition) is 6. The third-order valence-electron chi connectivity index (χ3n) is 7.80. The number of hydrogen-bond donors (Lipinski definition) is 2. The number of esters is 1. The molecular formula is C27H26FN3O4. The number of nitrogens with zero attached hydrogens (tertiary/aromatic N) is 2. The molecule has 180 valence electrons. The molecule has 8 heteroatoms. The van der Waals surface area contributed by atoms with Gasteiger partial charge in [0.05, 0.1) is 35.1 Å². The maximum Gasteiger partial charge on any atom is 0.343 e. The number of ether oxygens (including phenoxy) is 1. The van der Waals surface area contributed by atoms with Gasteiger partial charge in [-0.1, -0.05) is 13.5 Å². The van der Waals surface area contributed by atoms with E-state index < -0.39 is 11.6 Å². The lowest BCUT2D eigenvalue weighted by atomic mass is 9.81. The smallest absolute Gasteiger partial charge is 0.343 e. The van der Waals surface area contributed by atoms with E-state index in [0.29, 0.717) is 35.4 Å². The predicted octanol–water partition coefficient (Wildman–Crippen LogP) is 3.64. The second-order valence-corrected chi connectivity index (χ2v) is 9.83. The molecule has 35 heavy (non-hydrogen) atoms. The van der Waals surface area contributed by atoms with Gasteiger partial charge in [0.2, 0.25) is 0 Å². The van der Waals surface area contributed by atoms with Crippen molar-refractivity contribution in [2.75, 3.05) is 0 Å². The Bertz CT molecular complexity index is 1560. The van der Waals surface area contributed by atoms with Crippen molar-refractivity contribution in [2.45, 2.75) is 64.8 Å². The van der Waals surface area contributed by atoms with Crippen LogP contribution in [0.4, 0.5) is 4.39 Å². The summed E-state index contributed by atoms with van der Waals surface area (Å²) in [5.74, 6) is -1.06. The number of benzene rings is 1. The van der Waals surface area contributed by atoms with Gasteiger partial charge >= 0.3 is 5.97 Å². The summed E-state index contributed by atoms with van der Waals surface area (Å²) in [4.78, 5) is 30.9. The van der Waals surface area contributed by atoms with Crippen LogP contribution in [0.1, 0.15) is 66.1 Å². The molecule has 0 radical (unpaired) electrons. The lowest BCUT2D eigenvalue weighted by molar-refractivity contribution is -0.172. The number of rotatable bonds is 3. The molecule has 2 N–H and O–H groups in total. The van der Waals surface area contributed by atoms with Crippen molar-refractivity contribution in [3.05, 3.63) is 74.0 Å². The molecule has 6 rings (SSSR count). The number of cyclic esters (lactones) is 1. The molecule has 0 saturated carbocycles. The van der Waals surface area contributed by atoms with Crippen LogP contribution in [0.2, 0.25) is 0 Å². The molecule has 2 aliphatic heterocycles. The summed E-state index contributed by atoms with van der Waals surface area (Å²) in [6.07, 6.45) is 1.54. The second kappa shape index (κ2) is 7.24. The molecule has 0 bridgehead atoms. The van der Waals surface area contributed by atoms with E-state index in [1.165, 1.54) is 6.07 Å². The third-order valence-corrected chi connectivity index (χ3v) is 7.80. The van der Waals surface area contributed by atoms with Crippen molar-refractivity contribution in [3.63, 3.8) is 0 Å². The molecule has 7 nitrogen and oxygen atoms in total. The molecule has 0 amide bonds. The summed E-state index contributed by atoms with van der Waals surface area (Å²) < 4.78 is 21.7. The largest absolute Gasteiger partial charge is 0.458 e. The Morgan fingerprint density at radius 3 is 2.83 bits per heavy atom. The van der Waals surface area contributed by atoms with Gasteiger partial charge in [-0.2, -0.15) is 0 Å². The normalized spacial score (nSPS) is 21.9. The lowest BCUT2D eigenvalue weighted by Gasteiger charge is -2.31. The maximum absolute atomic E-state index is 14.9. The van der Waals surface area contributed by atoms with Crippen molar-refractivity contribution in [1.29, 1.82) is 0 Å². The number of aliphatic hydroxyl groups is 1. The molecule has 0 fully saturated rings. The Morgan fingerprint density at radius 2 is 2.11 bits per heavy atom. The summed E-state index contributed by atoms with van der Waals surface area (Å²) >= 11 is 0. The van der Waals surface area contributed by atoms with Crippen molar-refractivity contribution < 1.29 is 19.0 Å². The van der Waals surface area contributed by atoms with Gasteiger partial charge < -0.3 is 19.7 Å². The van der Waals surface area contributed by atoms with Crippen LogP contribution in [0.3, 0.4) is 0 Å². The van der Waals surface area contributed by atoms with E-state index in [4.69, 9.17) is 9.72 Å². The molecule has 3 aromatic rings. The van der Waals surface area contributed by atoms with E-state index in [2.05, 4.69) is 11.9 Å². The summed E-state index contributed by atoms with van der Waals surface area (Å²) in [7, 11) is 0. The monoisotopic (exact) mass is 475 g/mol. The van der Waals surface area contributed by atoms with Gasteiger partial charge in [-0.05, 0) is 55.9 Å². The van der Waals surface area contributed by atoms with Crippen LogP contribution in [-0.2, 0) is 34.7 Å². The summed E-state index contributed by atoms with van der Waals surface area (Å²) in [6.45, 7) is 9.51. The number of allylic oxidation sites excluding steroid dienone is 1. The molecule has 2 aromatic heterocycles. The van der Waals surface area contributed by atoms with Crippen molar-refractivity contribution in [3.8, 4) is 11.4 Å². The minimum Gasteiger partial charge on any atom is -0.458 e. The number of aromatic nitrogens is 2. The zero-order valence-electron chi connectivity index (χ0n) is 19.9. The van der Waals surface area contributed by atoms with Gasteiger partial charge in [0, 0.05) is 28.3 Å². The average Bonchev–Trinajstić information content (AvgIpc) is 3.19. The molecule has 2 unspecified atom stereocenters. The fourth-order valence-electron chi connectivity index (χ4n) is 6.00. The number of pyridine rings is 2. The van der Waals surface area contributed by atoms with E-state index in [1.54, 1.807) is 24.5 Å². The van der Waals surface area contributed by atoms with Crippen LogP contribution >= 0.6 is 0 Å². The maximum atomic E-state index is 14.9. The van der Waals surface area contributed by atoms with Crippen LogP contribution in [0.5, 0.6) is 0 Å². The van der Waals surface area contributed by atoms with E-state index in [1.807, 2.05) is 6.92 Å². The quantitative estimate of drug-likeness (QED) is 0.440.